The van der Waals surface area contributed by atoms with Gasteiger partial charge in [0.15, 0.2) is 0 Å². The van der Waals surface area contributed by atoms with Crippen molar-refractivity contribution in [1.82, 2.24) is 9.62 Å². The number of halogens is 3. The van der Waals surface area contributed by atoms with Crippen LogP contribution in [-0.2, 0) is 23.0 Å². The molecule has 0 radical (unpaired) electrons. The first-order valence-corrected chi connectivity index (χ1v) is 11.9. The van der Waals surface area contributed by atoms with E-state index < -0.39 is 10.0 Å². The second kappa shape index (κ2) is 13.4. The predicted molar refractivity (Wildman–Crippen MR) is 139 cm³/mol. The highest BCUT2D eigenvalue weighted by Crippen LogP contribution is 2.30. The van der Waals surface area contributed by atoms with Crippen LogP contribution in [0, 0.1) is 0 Å². The normalized spacial score (nSPS) is 11.2. The summed E-state index contributed by atoms with van der Waals surface area (Å²) in [5.41, 5.74) is 8.04. The molecule has 0 heterocycles. The molecular weight excluding hydrogens is 489 g/mol. The number of nitrogens with two attached hydrogens (primary N) is 1. The summed E-state index contributed by atoms with van der Waals surface area (Å²) in [6, 6.07) is 19.2. The van der Waals surface area contributed by atoms with Gasteiger partial charge in [-0.3, -0.25) is 0 Å². The Morgan fingerprint density at radius 2 is 1.59 bits per heavy atom. The summed E-state index contributed by atoms with van der Waals surface area (Å²) in [5, 5.41) is 1.91. The molecule has 5 nitrogen and oxygen atoms in total. The van der Waals surface area contributed by atoms with Gasteiger partial charge in [0.1, 0.15) is 4.90 Å². The lowest BCUT2D eigenvalue weighted by Crippen LogP contribution is -2.33. The van der Waals surface area contributed by atoms with Crippen LogP contribution in [0.5, 0.6) is 0 Å². The third-order valence-electron chi connectivity index (χ3n) is 5.17. The molecule has 0 atom stereocenters. The van der Waals surface area contributed by atoms with Crippen molar-refractivity contribution >= 4 is 57.2 Å². The molecule has 3 N–H and O–H groups in total. The van der Waals surface area contributed by atoms with Gasteiger partial charge in [-0.25, -0.2) is 13.1 Å². The zero-order valence-corrected chi connectivity index (χ0v) is 21.2. The maximum absolute atomic E-state index is 12.7. The molecule has 0 aromatic heterocycles. The van der Waals surface area contributed by atoms with Crippen LogP contribution in [0.1, 0.15) is 17.5 Å². The standard InChI is InChI=1S/C23H28ClN3O2S.2ClH/c1-27(15-4-5-18-8-10-19(17-25)11-9-18)16-14-26-30(28,29)22-13-12-20-6-2-3-7-21(20)23(22)24;;/h2-3,6-13,26H,4-5,14-17,25H2,1H3;2*1H. The Hall–Kier alpha value is -1.38. The molecule has 3 aromatic carbocycles. The molecule has 0 fully saturated rings. The van der Waals surface area contributed by atoms with Gasteiger partial charge in [0.05, 0.1) is 5.02 Å². The zero-order chi connectivity index (χ0) is 21.6. The number of sulfonamides is 1. The van der Waals surface area contributed by atoms with Gasteiger partial charge >= 0.3 is 0 Å². The molecule has 176 valence electrons. The van der Waals surface area contributed by atoms with Gasteiger partial charge in [-0.15, -0.1) is 24.8 Å². The predicted octanol–water partition coefficient (Wildman–Crippen LogP) is 4.64. The van der Waals surface area contributed by atoms with E-state index in [2.05, 4.69) is 33.9 Å². The van der Waals surface area contributed by atoms with Crippen LogP contribution in [0.3, 0.4) is 0 Å². The Labute approximate surface area is 208 Å². The molecule has 0 aliphatic heterocycles. The summed E-state index contributed by atoms with van der Waals surface area (Å²) in [4.78, 5) is 2.24. The number of likely N-dealkylation sites (N-methyl/N-ethyl adjacent to an activating group) is 1. The fraction of sp³-hybridized carbons (Fsp3) is 0.304. The molecule has 0 aliphatic rings. The first kappa shape index (κ1) is 28.7. The highest BCUT2D eigenvalue weighted by molar-refractivity contribution is 7.89. The highest BCUT2D eigenvalue weighted by Gasteiger charge is 2.19. The molecular formula is C23H30Cl3N3O2S. The third kappa shape index (κ3) is 7.59. The van der Waals surface area contributed by atoms with Crippen molar-refractivity contribution in [2.45, 2.75) is 24.3 Å². The molecule has 0 amide bonds. The smallest absolute Gasteiger partial charge is 0.242 e. The lowest BCUT2D eigenvalue weighted by molar-refractivity contribution is 0.334. The number of hydrogen-bond acceptors (Lipinski definition) is 4. The van der Waals surface area contributed by atoms with Gasteiger partial charge in [0, 0.05) is 25.0 Å². The van der Waals surface area contributed by atoms with E-state index in [1.165, 1.54) is 5.56 Å². The molecule has 0 unspecified atom stereocenters. The van der Waals surface area contributed by atoms with E-state index >= 15 is 0 Å². The van der Waals surface area contributed by atoms with E-state index in [1.807, 2.05) is 31.3 Å². The van der Waals surface area contributed by atoms with Gasteiger partial charge in [-0.1, -0.05) is 66.2 Å². The molecule has 9 heteroatoms. The Kier molecular flexibility index (Phi) is 12.0. The lowest BCUT2D eigenvalue weighted by Gasteiger charge is -2.17. The van der Waals surface area contributed by atoms with E-state index in [1.54, 1.807) is 12.1 Å². The molecule has 0 saturated heterocycles. The van der Waals surface area contributed by atoms with Gasteiger partial charge in [-0.05, 0) is 49.0 Å². The van der Waals surface area contributed by atoms with Gasteiger partial charge in [0.25, 0.3) is 0 Å². The Morgan fingerprint density at radius 1 is 0.938 bits per heavy atom. The van der Waals surface area contributed by atoms with Gasteiger partial charge in [-0.2, -0.15) is 0 Å². The lowest BCUT2D eigenvalue weighted by atomic mass is 10.1. The SMILES string of the molecule is CN(CCCc1ccc(CN)cc1)CCNS(=O)(=O)c1ccc2ccccc2c1Cl.Cl.Cl. The average molecular weight is 519 g/mol. The fourth-order valence-electron chi connectivity index (χ4n) is 3.38. The molecule has 0 spiro atoms. The van der Waals surface area contributed by atoms with Gasteiger partial charge < -0.3 is 10.6 Å². The minimum absolute atomic E-state index is 0. The molecule has 0 aliphatic carbocycles. The number of benzene rings is 3. The van der Waals surface area contributed by atoms with Crippen molar-refractivity contribution in [1.29, 1.82) is 0 Å². The largest absolute Gasteiger partial charge is 0.326 e. The molecule has 0 saturated carbocycles. The summed E-state index contributed by atoms with van der Waals surface area (Å²) in [6.45, 7) is 2.39. The second-order valence-corrected chi connectivity index (χ2v) is 9.54. The monoisotopic (exact) mass is 517 g/mol. The van der Waals surface area contributed by atoms with Crippen molar-refractivity contribution in [3.8, 4) is 0 Å². The van der Waals surface area contributed by atoms with Crippen LogP contribution < -0.4 is 10.5 Å². The average Bonchev–Trinajstić information content (AvgIpc) is 2.74. The number of hydrogen-bond donors (Lipinski definition) is 2. The fourth-order valence-corrected chi connectivity index (χ4v) is 5.03. The van der Waals surface area contributed by atoms with Crippen molar-refractivity contribution in [3.63, 3.8) is 0 Å². The number of nitrogens with one attached hydrogen (secondary N) is 1. The number of nitrogens with zero attached hydrogens (tertiary/aromatic N) is 1. The van der Waals surface area contributed by atoms with Crippen LogP contribution in [0.2, 0.25) is 5.02 Å². The van der Waals surface area contributed by atoms with E-state index in [0.29, 0.717) is 19.6 Å². The van der Waals surface area contributed by atoms with Crippen molar-refractivity contribution in [2.75, 3.05) is 26.7 Å². The maximum Gasteiger partial charge on any atom is 0.242 e. The van der Waals surface area contributed by atoms with Crippen LogP contribution in [0.4, 0.5) is 0 Å². The minimum atomic E-state index is -3.67. The quantitative estimate of drug-likeness (QED) is 0.410. The molecule has 32 heavy (non-hydrogen) atoms. The van der Waals surface area contributed by atoms with Crippen molar-refractivity contribution in [3.05, 3.63) is 76.8 Å². The molecule has 3 aromatic rings. The second-order valence-electron chi connectivity index (χ2n) is 7.42. The van der Waals surface area contributed by atoms with Crippen LogP contribution >= 0.6 is 36.4 Å². The highest BCUT2D eigenvalue weighted by atomic mass is 35.5. The van der Waals surface area contributed by atoms with Crippen molar-refractivity contribution < 1.29 is 8.42 Å². The number of rotatable bonds is 10. The maximum atomic E-state index is 12.7. The topological polar surface area (TPSA) is 75.4 Å². The van der Waals surface area contributed by atoms with Crippen LogP contribution in [-0.4, -0.2) is 40.0 Å². The van der Waals surface area contributed by atoms with E-state index in [4.69, 9.17) is 17.3 Å². The minimum Gasteiger partial charge on any atom is -0.326 e. The molecule has 0 bridgehead atoms. The van der Waals surface area contributed by atoms with Gasteiger partial charge in [0.2, 0.25) is 10.0 Å². The van der Waals surface area contributed by atoms with Crippen LogP contribution in [0.15, 0.2) is 65.6 Å². The Bertz CT molecular complexity index is 1090. The third-order valence-corrected chi connectivity index (χ3v) is 7.19. The Balaban J connectivity index is 0.00000256. The van der Waals surface area contributed by atoms with Crippen molar-refractivity contribution in [2.24, 2.45) is 5.73 Å². The van der Waals surface area contributed by atoms with Crippen LogP contribution in [0.25, 0.3) is 10.8 Å². The summed E-state index contributed by atoms with van der Waals surface area (Å²) < 4.78 is 28.1. The number of fused-ring (bicyclic) bond motifs is 1. The summed E-state index contributed by atoms with van der Waals surface area (Å²) in [7, 11) is -1.67. The zero-order valence-electron chi connectivity index (χ0n) is 18.0. The summed E-state index contributed by atoms with van der Waals surface area (Å²) in [5.74, 6) is 0. The van der Waals surface area contributed by atoms with E-state index in [-0.39, 0.29) is 34.7 Å². The molecule has 3 rings (SSSR count). The first-order chi connectivity index (χ1) is 14.4. The summed E-state index contributed by atoms with van der Waals surface area (Å²) >= 11 is 6.38. The first-order valence-electron chi connectivity index (χ1n) is 10.0. The summed E-state index contributed by atoms with van der Waals surface area (Å²) in [6.07, 6.45) is 1.98. The van der Waals surface area contributed by atoms with E-state index in [0.717, 1.165) is 35.7 Å². The Morgan fingerprint density at radius 3 is 2.28 bits per heavy atom. The van der Waals surface area contributed by atoms with E-state index in [9.17, 15) is 8.42 Å². The number of aryl methyl sites for hydroxylation is 1.